The number of aldehydes is 1. The molecule has 1 N–H and O–H groups in total. The van der Waals surface area contributed by atoms with Gasteiger partial charge in [-0.1, -0.05) is 0 Å². The molecule has 0 atom stereocenters. The van der Waals surface area contributed by atoms with Gasteiger partial charge < -0.3 is 0 Å². The summed E-state index contributed by atoms with van der Waals surface area (Å²) in [5.41, 5.74) is 2.67. The molecule has 0 radical (unpaired) electrons. The van der Waals surface area contributed by atoms with E-state index in [9.17, 15) is 4.79 Å². The highest BCUT2D eigenvalue weighted by Gasteiger charge is 2.02. The maximum atomic E-state index is 10.5. The van der Waals surface area contributed by atoms with Gasteiger partial charge in [-0.15, -0.1) is 5.10 Å². The Hall–Kier alpha value is -1.84. The number of carbonyl (C=O) groups is 1. The van der Waals surface area contributed by atoms with E-state index < -0.39 is 0 Å². The van der Waals surface area contributed by atoms with Crippen LogP contribution in [0.15, 0.2) is 24.5 Å². The highest BCUT2D eigenvalue weighted by Crippen LogP contribution is 2.12. The number of benzene rings is 1. The molecule has 1 aromatic carbocycles. The van der Waals surface area contributed by atoms with Crippen LogP contribution in [0.2, 0.25) is 0 Å². The molecule has 0 fully saturated rings. The van der Waals surface area contributed by atoms with E-state index in [0.29, 0.717) is 5.56 Å². The topological polar surface area (TPSA) is 50.7 Å². The second-order valence-electron chi connectivity index (χ2n) is 2.85. The SMILES string of the molecule is Cc1cc(C=O)ccc1-n1nc[nH]1. The average molecular weight is 175 g/mol. The molecule has 2 rings (SSSR count). The minimum atomic E-state index is 0.686. The summed E-state index contributed by atoms with van der Waals surface area (Å²) in [5, 5.41) is 6.86. The fourth-order valence-corrected chi connectivity index (χ4v) is 1.24. The van der Waals surface area contributed by atoms with E-state index in [1.54, 1.807) is 17.2 Å². The number of aromatic nitrogens is 3. The zero-order valence-electron chi connectivity index (χ0n) is 7.19. The van der Waals surface area contributed by atoms with Gasteiger partial charge in [-0.2, -0.15) is 4.80 Å². The van der Waals surface area contributed by atoms with Gasteiger partial charge in [0.05, 0.1) is 5.69 Å². The van der Waals surface area contributed by atoms with Crippen LogP contribution in [0.25, 0.3) is 5.69 Å². The van der Waals surface area contributed by atoms with E-state index in [1.165, 1.54) is 0 Å². The van der Waals surface area contributed by atoms with Gasteiger partial charge in [0.25, 0.3) is 0 Å². The Morgan fingerprint density at radius 3 is 2.77 bits per heavy atom. The first-order valence-corrected chi connectivity index (χ1v) is 3.96. The van der Waals surface area contributed by atoms with Crippen LogP contribution in [0.1, 0.15) is 15.9 Å². The molecule has 0 bridgehead atoms. The van der Waals surface area contributed by atoms with Crippen molar-refractivity contribution in [3.63, 3.8) is 0 Å². The van der Waals surface area contributed by atoms with Crippen molar-refractivity contribution >= 4 is 6.29 Å². The third-order valence-corrected chi connectivity index (χ3v) is 1.94. The molecule has 0 amide bonds. The quantitative estimate of drug-likeness (QED) is 0.700. The Morgan fingerprint density at radius 2 is 2.31 bits per heavy atom. The van der Waals surface area contributed by atoms with Gasteiger partial charge in [0.15, 0.2) is 0 Å². The number of nitrogens with zero attached hydrogens (tertiary/aromatic N) is 2. The number of H-pyrrole nitrogens is 1. The molecule has 1 aromatic heterocycles. The standard InChI is InChI=1S/C9H9N3O/c1-7-4-8(5-13)2-3-9(7)12-10-6-11-12/h2-6H,1H3,(H,10,11). The molecular weight excluding hydrogens is 166 g/mol. The second kappa shape index (κ2) is 2.90. The summed E-state index contributed by atoms with van der Waals surface area (Å²) < 4.78 is 0. The van der Waals surface area contributed by atoms with Gasteiger partial charge in [0.1, 0.15) is 12.6 Å². The monoisotopic (exact) mass is 175 g/mol. The van der Waals surface area contributed by atoms with Gasteiger partial charge >= 0.3 is 0 Å². The predicted octanol–water partition coefficient (Wildman–Crippen LogP) is 1.32. The Morgan fingerprint density at radius 1 is 1.54 bits per heavy atom. The number of carbonyl (C=O) groups excluding carboxylic acids is 1. The largest absolute Gasteiger partial charge is 0.298 e. The molecular formula is C9H9N3O. The highest BCUT2D eigenvalue weighted by atomic mass is 16.1. The summed E-state index contributed by atoms with van der Waals surface area (Å²) in [6.45, 7) is 1.94. The van der Waals surface area contributed by atoms with Gasteiger partial charge in [-0.3, -0.25) is 9.89 Å². The van der Waals surface area contributed by atoms with Crippen LogP contribution < -0.4 is 0 Å². The molecule has 0 spiro atoms. The van der Waals surface area contributed by atoms with Crippen LogP contribution in [0.3, 0.4) is 0 Å². The van der Waals surface area contributed by atoms with E-state index in [2.05, 4.69) is 10.2 Å². The normalized spacial score (nSPS) is 10.2. The molecule has 4 nitrogen and oxygen atoms in total. The van der Waals surface area contributed by atoms with Crippen molar-refractivity contribution in [1.29, 1.82) is 0 Å². The lowest BCUT2D eigenvalue weighted by atomic mass is 10.1. The van der Waals surface area contributed by atoms with E-state index in [0.717, 1.165) is 17.5 Å². The molecule has 13 heavy (non-hydrogen) atoms. The number of rotatable bonds is 2. The summed E-state index contributed by atoms with van der Waals surface area (Å²) in [6, 6.07) is 5.46. The van der Waals surface area contributed by atoms with Crippen molar-refractivity contribution in [2.24, 2.45) is 0 Å². The van der Waals surface area contributed by atoms with E-state index in [-0.39, 0.29) is 0 Å². The summed E-state index contributed by atoms with van der Waals surface area (Å²) in [4.78, 5) is 12.1. The lowest BCUT2D eigenvalue weighted by molar-refractivity contribution is 0.112. The van der Waals surface area contributed by atoms with Crippen molar-refractivity contribution in [2.75, 3.05) is 0 Å². The zero-order valence-corrected chi connectivity index (χ0v) is 7.19. The summed E-state index contributed by atoms with van der Waals surface area (Å²) >= 11 is 0. The van der Waals surface area contributed by atoms with E-state index >= 15 is 0 Å². The van der Waals surface area contributed by atoms with Crippen molar-refractivity contribution in [1.82, 2.24) is 15.0 Å². The van der Waals surface area contributed by atoms with Crippen molar-refractivity contribution < 1.29 is 4.79 Å². The van der Waals surface area contributed by atoms with Crippen LogP contribution in [-0.2, 0) is 0 Å². The Kier molecular flexibility index (Phi) is 1.73. The maximum absolute atomic E-state index is 10.5. The van der Waals surface area contributed by atoms with Crippen LogP contribution in [0.4, 0.5) is 0 Å². The van der Waals surface area contributed by atoms with Crippen molar-refractivity contribution in [3.8, 4) is 5.69 Å². The molecule has 4 heteroatoms. The molecule has 0 aliphatic heterocycles. The van der Waals surface area contributed by atoms with E-state index in [1.807, 2.05) is 19.1 Å². The van der Waals surface area contributed by atoms with E-state index in [4.69, 9.17) is 0 Å². The number of aryl methyl sites for hydroxylation is 1. The minimum Gasteiger partial charge on any atom is -0.298 e. The number of hydrogen-bond acceptors (Lipinski definition) is 2. The number of nitrogens with one attached hydrogen (secondary N) is 1. The summed E-state index contributed by atoms with van der Waals surface area (Å²) in [6.07, 6.45) is 2.44. The maximum Gasteiger partial charge on any atom is 0.150 e. The van der Waals surface area contributed by atoms with Crippen LogP contribution in [-0.4, -0.2) is 21.3 Å². The first-order chi connectivity index (χ1) is 6.31. The predicted molar refractivity (Wildman–Crippen MR) is 48.0 cm³/mol. The molecule has 0 aliphatic carbocycles. The molecule has 0 saturated carbocycles. The third kappa shape index (κ3) is 1.26. The van der Waals surface area contributed by atoms with Gasteiger partial charge in [-0.25, -0.2) is 0 Å². The lowest BCUT2D eigenvalue weighted by Crippen LogP contribution is -2.10. The Balaban J connectivity index is 2.47. The zero-order chi connectivity index (χ0) is 9.26. The second-order valence-corrected chi connectivity index (χ2v) is 2.85. The van der Waals surface area contributed by atoms with Gasteiger partial charge in [0, 0.05) is 5.56 Å². The Bertz CT molecular complexity index is 419. The van der Waals surface area contributed by atoms with Crippen LogP contribution in [0, 0.1) is 6.92 Å². The lowest BCUT2D eigenvalue weighted by Gasteiger charge is -2.10. The van der Waals surface area contributed by atoms with Gasteiger partial charge in [0.2, 0.25) is 0 Å². The summed E-state index contributed by atoms with van der Waals surface area (Å²) in [5.74, 6) is 0. The van der Waals surface area contributed by atoms with Crippen LogP contribution >= 0.6 is 0 Å². The average Bonchev–Trinajstić information content (AvgIpc) is 2.05. The smallest absolute Gasteiger partial charge is 0.150 e. The molecule has 0 saturated heterocycles. The first-order valence-electron chi connectivity index (χ1n) is 3.96. The number of aromatic amines is 1. The fourth-order valence-electron chi connectivity index (χ4n) is 1.24. The van der Waals surface area contributed by atoms with Crippen molar-refractivity contribution in [2.45, 2.75) is 6.92 Å². The molecule has 1 heterocycles. The van der Waals surface area contributed by atoms with Crippen molar-refractivity contribution in [3.05, 3.63) is 35.7 Å². The Labute approximate surface area is 75.2 Å². The summed E-state index contributed by atoms with van der Waals surface area (Å²) in [7, 11) is 0. The number of hydrogen-bond donors (Lipinski definition) is 1. The first kappa shape index (κ1) is 7.79. The minimum absolute atomic E-state index is 0.686. The molecule has 0 unspecified atom stereocenters. The molecule has 0 aliphatic rings. The van der Waals surface area contributed by atoms with Crippen LogP contribution in [0.5, 0.6) is 0 Å². The third-order valence-electron chi connectivity index (χ3n) is 1.94. The van der Waals surface area contributed by atoms with Gasteiger partial charge in [-0.05, 0) is 30.7 Å². The highest BCUT2D eigenvalue weighted by molar-refractivity contribution is 5.75. The fraction of sp³-hybridized carbons (Fsp3) is 0.111. The molecule has 2 aromatic rings. The molecule has 66 valence electrons.